The summed E-state index contributed by atoms with van der Waals surface area (Å²) in [6.07, 6.45) is 8.20. The van der Waals surface area contributed by atoms with E-state index in [1.165, 1.54) is 0 Å². The number of nitrogens with one attached hydrogen (secondary N) is 1. The molecule has 2 aliphatic heterocycles. The Balaban J connectivity index is 1.14. The Labute approximate surface area is 292 Å². The van der Waals surface area contributed by atoms with Crippen LogP contribution in [0.25, 0.3) is 16.6 Å². The molecular formula is C37H44N8O5. The van der Waals surface area contributed by atoms with Crippen molar-refractivity contribution in [2.75, 3.05) is 44.3 Å². The molecule has 262 valence electrons. The number of rotatable bonds is 9. The van der Waals surface area contributed by atoms with E-state index >= 15 is 0 Å². The minimum atomic E-state index is -0.600. The van der Waals surface area contributed by atoms with E-state index in [4.69, 9.17) is 19.2 Å². The van der Waals surface area contributed by atoms with Crippen LogP contribution in [0.5, 0.6) is 5.75 Å². The van der Waals surface area contributed by atoms with Crippen molar-refractivity contribution in [1.29, 1.82) is 5.26 Å². The molecule has 13 heteroatoms. The fourth-order valence-corrected chi connectivity index (χ4v) is 6.62. The minimum Gasteiger partial charge on any atom is -0.492 e. The van der Waals surface area contributed by atoms with Crippen LogP contribution in [-0.2, 0) is 20.7 Å². The van der Waals surface area contributed by atoms with Crippen LogP contribution in [-0.4, -0.2) is 93.1 Å². The Morgan fingerprint density at radius 2 is 1.94 bits per heavy atom. The molecule has 1 N–H and O–H groups in total. The van der Waals surface area contributed by atoms with E-state index in [1.807, 2.05) is 70.3 Å². The van der Waals surface area contributed by atoms with E-state index in [-0.39, 0.29) is 12.3 Å². The highest BCUT2D eigenvalue weighted by Crippen LogP contribution is 2.33. The number of nitriles is 1. The summed E-state index contributed by atoms with van der Waals surface area (Å²) >= 11 is 0. The average Bonchev–Trinajstić information content (AvgIpc) is 3.51. The molecule has 13 nitrogen and oxygen atoms in total. The van der Waals surface area contributed by atoms with E-state index < -0.39 is 23.3 Å². The molecule has 1 unspecified atom stereocenters. The number of hydrogen-bond acceptors (Lipinski definition) is 10. The summed E-state index contributed by atoms with van der Waals surface area (Å²) in [4.78, 5) is 39.5. The molecule has 1 atom stereocenters. The van der Waals surface area contributed by atoms with Crippen molar-refractivity contribution < 1.29 is 23.8 Å². The van der Waals surface area contributed by atoms with Gasteiger partial charge in [-0.1, -0.05) is 6.07 Å². The van der Waals surface area contributed by atoms with Crippen LogP contribution in [0.3, 0.4) is 0 Å². The smallest absolute Gasteiger partial charge is 0.410 e. The molecule has 4 aromatic rings. The van der Waals surface area contributed by atoms with Crippen LogP contribution in [0.4, 0.5) is 10.6 Å². The van der Waals surface area contributed by atoms with Crippen LogP contribution in [0, 0.1) is 11.3 Å². The maximum atomic E-state index is 13.6. The first kappa shape index (κ1) is 34.6. The summed E-state index contributed by atoms with van der Waals surface area (Å²) in [5.74, 6) is 1.37. The maximum absolute atomic E-state index is 13.6. The van der Waals surface area contributed by atoms with Crippen LogP contribution >= 0.6 is 0 Å². The van der Waals surface area contributed by atoms with Crippen molar-refractivity contribution in [2.45, 2.75) is 70.6 Å². The molecule has 0 radical (unpaired) electrons. The fourth-order valence-electron chi connectivity index (χ4n) is 6.62. The maximum Gasteiger partial charge on any atom is 0.410 e. The molecule has 0 bridgehead atoms. The van der Waals surface area contributed by atoms with Gasteiger partial charge in [-0.05, 0) is 70.9 Å². The number of piperidine rings is 1. The van der Waals surface area contributed by atoms with E-state index in [9.17, 15) is 14.9 Å². The lowest BCUT2D eigenvalue weighted by atomic mass is 9.82. The standard InChI is InChI=1S/C37H44N8O5/c1-5-48-29-18-31(34-27(21-38)23-41-45(34)25-29)26-9-10-32(40-22-26)43-14-11-37(12-15-43,20-28-8-6-7-13-39-28)42-33(46)19-30-24-44(16-17-49-30)35(47)50-36(2,3)4/h6-10,13,18,22-23,25,30H,5,11-12,14-17,19-20,24H2,1-4H3,(H,42,46). The molecule has 4 aromatic heterocycles. The fraction of sp³-hybridized carbons (Fsp3) is 0.459. The van der Waals surface area contributed by atoms with Gasteiger partial charge in [0.25, 0.3) is 0 Å². The van der Waals surface area contributed by atoms with E-state index in [0.717, 1.165) is 22.6 Å². The molecule has 6 rings (SSSR count). The zero-order chi connectivity index (χ0) is 35.3. The number of morpholine rings is 1. The lowest BCUT2D eigenvalue weighted by molar-refractivity contribution is -0.128. The Hall–Kier alpha value is -5.22. The zero-order valence-electron chi connectivity index (χ0n) is 29.1. The SMILES string of the molecule is CCOc1cc(-c2ccc(N3CCC(Cc4ccccn4)(NC(=O)CC4CN(C(=O)OC(C)(C)C)CCO4)CC3)nc2)c2c(C#N)cnn2c1. The van der Waals surface area contributed by atoms with E-state index in [1.54, 1.807) is 28.0 Å². The van der Waals surface area contributed by atoms with E-state index in [0.29, 0.717) is 75.5 Å². The van der Waals surface area contributed by atoms with Crippen LogP contribution in [0.1, 0.15) is 58.2 Å². The quantitative estimate of drug-likeness (QED) is 0.262. The highest BCUT2D eigenvalue weighted by atomic mass is 16.6. The first-order valence-electron chi connectivity index (χ1n) is 17.1. The second-order valence-electron chi connectivity index (χ2n) is 13.8. The first-order valence-corrected chi connectivity index (χ1v) is 17.1. The number of aromatic nitrogens is 4. The summed E-state index contributed by atoms with van der Waals surface area (Å²) in [5, 5.41) is 17.4. The van der Waals surface area contributed by atoms with Crippen molar-refractivity contribution in [2.24, 2.45) is 0 Å². The lowest BCUT2D eigenvalue weighted by Crippen LogP contribution is -2.58. The number of pyridine rings is 3. The third kappa shape index (κ3) is 8.14. The monoisotopic (exact) mass is 680 g/mol. The van der Waals surface area contributed by atoms with Gasteiger partial charge in [-0.2, -0.15) is 10.4 Å². The van der Waals surface area contributed by atoms with Gasteiger partial charge in [-0.3, -0.25) is 9.78 Å². The summed E-state index contributed by atoms with van der Waals surface area (Å²) in [5.41, 5.74) is 2.64. The van der Waals surface area contributed by atoms with Crippen LogP contribution in [0.2, 0.25) is 0 Å². The van der Waals surface area contributed by atoms with Gasteiger partial charge in [0.15, 0.2) is 0 Å². The van der Waals surface area contributed by atoms with Crippen molar-refractivity contribution in [3.8, 4) is 22.9 Å². The van der Waals surface area contributed by atoms with Gasteiger partial charge >= 0.3 is 6.09 Å². The molecule has 0 saturated carbocycles. The number of amides is 2. The third-order valence-corrected chi connectivity index (χ3v) is 8.98. The molecule has 2 fully saturated rings. The number of hydrogen-bond donors (Lipinski definition) is 1. The number of carbonyl (C=O) groups is 2. The topological polar surface area (TPSA) is 147 Å². The summed E-state index contributed by atoms with van der Waals surface area (Å²) in [7, 11) is 0. The van der Waals surface area contributed by atoms with Gasteiger partial charge in [0, 0.05) is 60.8 Å². The molecule has 50 heavy (non-hydrogen) atoms. The third-order valence-electron chi connectivity index (χ3n) is 8.98. The van der Waals surface area contributed by atoms with Gasteiger partial charge in [0.05, 0.1) is 55.8 Å². The highest BCUT2D eigenvalue weighted by Gasteiger charge is 2.38. The normalized spacial score (nSPS) is 17.6. The molecule has 2 aliphatic rings. The van der Waals surface area contributed by atoms with Crippen molar-refractivity contribution in [3.63, 3.8) is 0 Å². The first-order chi connectivity index (χ1) is 24.0. The summed E-state index contributed by atoms with van der Waals surface area (Å²) in [6, 6.07) is 14.0. The predicted octanol–water partition coefficient (Wildman–Crippen LogP) is 4.79. The van der Waals surface area contributed by atoms with Gasteiger partial charge in [0.2, 0.25) is 5.91 Å². The van der Waals surface area contributed by atoms with Crippen molar-refractivity contribution in [3.05, 3.63) is 72.4 Å². The molecule has 2 amide bonds. The zero-order valence-corrected chi connectivity index (χ0v) is 29.1. The Morgan fingerprint density at radius 1 is 1.12 bits per heavy atom. The molecule has 0 aliphatic carbocycles. The molecule has 2 saturated heterocycles. The van der Waals surface area contributed by atoms with Crippen molar-refractivity contribution >= 4 is 23.3 Å². The summed E-state index contributed by atoms with van der Waals surface area (Å²) in [6.45, 7) is 10.4. The Kier molecular flexibility index (Phi) is 10.2. The molecule has 0 spiro atoms. The number of carbonyl (C=O) groups excluding carboxylic acids is 2. The van der Waals surface area contributed by atoms with Crippen LogP contribution < -0.4 is 15.0 Å². The molecule has 6 heterocycles. The summed E-state index contributed by atoms with van der Waals surface area (Å²) < 4.78 is 18.9. The highest BCUT2D eigenvalue weighted by molar-refractivity contribution is 5.85. The predicted molar refractivity (Wildman–Crippen MR) is 187 cm³/mol. The number of ether oxygens (including phenoxy) is 3. The van der Waals surface area contributed by atoms with E-state index in [2.05, 4.69) is 26.4 Å². The average molecular weight is 681 g/mol. The van der Waals surface area contributed by atoms with Gasteiger partial charge in [0.1, 0.15) is 23.2 Å². The largest absolute Gasteiger partial charge is 0.492 e. The van der Waals surface area contributed by atoms with Gasteiger partial charge < -0.3 is 29.3 Å². The number of nitrogens with zero attached hydrogens (tertiary/aromatic N) is 7. The second-order valence-corrected chi connectivity index (χ2v) is 13.8. The number of fused-ring (bicyclic) bond motifs is 1. The lowest BCUT2D eigenvalue weighted by Gasteiger charge is -2.43. The van der Waals surface area contributed by atoms with Gasteiger partial charge in [-0.15, -0.1) is 0 Å². The Bertz CT molecular complexity index is 1840. The van der Waals surface area contributed by atoms with Crippen LogP contribution in [0.15, 0.2) is 61.2 Å². The van der Waals surface area contributed by atoms with Crippen molar-refractivity contribution in [1.82, 2.24) is 29.8 Å². The number of anilines is 1. The minimum absolute atomic E-state index is 0.120. The second kappa shape index (κ2) is 14.7. The Morgan fingerprint density at radius 3 is 2.62 bits per heavy atom. The van der Waals surface area contributed by atoms with Gasteiger partial charge in [-0.25, -0.2) is 14.3 Å². The molecular weight excluding hydrogens is 636 g/mol. The molecule has 0 aromatic carbocycles.